The van der Waals surface area contributed by atoms with Gasteiger partial charge in [-0.3, -0.25) is 0 Å². The van der Waals surface area contributed by atoms with Crippen molar-refractivity contribution in [3.63, 3.8) is 0 Å². The van der Waals surface area contributed by atoms with Gasteiger partial charge >= 0.3 is 0 Å². The fourth-order valence-electron chi connectivity index (χ4n) is 1.13. The van der Waals surface area contributed by atoms with Gasteiger partial charge in [0, 0.05) is 0 Å². The van der Waals surface area contributed by atoms with Gasteiger partial charge in [-0.2, -0.15) is 10.3 Å². The van der Waals surface area contributed by atoms with Crippen LogP contribution >= 0.6 is 0 Å². The Morgan fingerprint density at radius 2 is 2.08 bits per heavy atom. The molecule has 0 aromatic rings. The molecule has 0 saturated carbocycles. The average Bonchev–Trinajstić information content (AvgIpc) is 2.13. The minimum absolute atomic E-state index is 0.652. The summed E-state index contributed by atoms with van der Waals surface area (Å²) in [6.07, 6.45) is 6.49. The lowest BCUT2D eigenvalue weighted by Crippen LogP contribution is -2.18. The molecule has 0 fully saturated rings. The zero-order valence-electron chi connectivity index (χ0n) is 8.34. The summed E-state index contributed by atoms with van der Waals surface area (Å²) in [6, 6.07) is 2.03. The Balaban J connectivity index is 3.86. The van der Waals surface area contributed by atoms with E-state index in [1.165, 1.54) is 18.9 Å². The van der Waals surface area contributed by atoms with Crippen LogP contribution < -0.4 is 0 Å². The zero-order chi connectivity index (χ0) is 10.2. The first kappa shape index (κ1) is 11.9. The standard InChI is InChI=1S/C10H16N2O/c1-3-4-5-6-7-10(2,8-11)12-9-13/h3-7H2,1-2H3. The molecule has 1 atom stereocenters. The molecule has 0 aliphatic rings. The summed E-state index contributed by atoms with van der Waals surface area (Å²) >= 11 is 0. The van der Waals surface area contributed by atoms with Crippen LogP contribution in [0, 0.1) is 11.3 Å². The van der Waals surface area contributed by atoms with Crippen molar-refractivity contribution in [3.05, 3.63) is 0 Å². The van der Waals surface area contributed by atoms with Gasteiger partial charge in [-0.15, -0.1) is 0 Å². The number of carbonyl (C=O) groups excluding carboxylic acids is 1. The van der Waals surface area contributed by atoms with Crippen molar-refractivity contribution >= 4 is 6.08 Å². The summed E-state index contributed by atoms with van der Waals surface area (Å²) in [5, 5.41) is 8.75. The molecule has 0 amide bonds. The monoisotopic (exact) mass is 180 g/mol. The fourth-order valence-corrected chi connectivity index (χ4v) is 1.13. The molecule has 1 unspecified atom stereocenters. The Morgan fingerprint density at radius 3 is 2.54 bits per heavy atom. The molecule has 0 saturated heterocycles. The quantitative estimate of drug-likeness (QED) is 0.358. The first-order valence-corrected chi connectivity index (χ1v) is 4.69. The van der Waals surface area contributed by atoms with Gasteiger partial charge < -0.3 is 0 Å². The third-order valence-electron chi connectivity index (χ3n) is 2.05. The third kappa shape index (κ3) is 5.16. The van der Waals surface area contributed by atoms with Gasteiger partial charge in [0.1, 0.15) is 0 Å². The van der Waals surface area contributed by atoms with Crippen LogP contribution in [0.25, 0.3) is 0 Å². The van der Waals surface area contributed by atoms with Gasteiger partial charge in [0.2, 0.25) is 6.08 Å². The first-order valence-electron chi connectivity index (χ1n) is 4.69. The summed E-state index contributed by atoms with van der Waals surface area (Å²) in [7, 11) is 0. The number of hydrogen-bond acceptors (Lipinski definition) is 3. The second-order valence-electron chi connectivity index (χ2n) is 3.40. The molecule has 13 heavy (non-hydrogen) atoms. The Morgan fingerprint density at radius 1 is 1.38 bits per heavy atom. The van der Waals surface area contributed by atoms with Gasteiger partial charge in [-0.25, -0.2) is 4.79 Å². The van der Waals surface area contributed by atoms with Crippen molar-refractivity contribution in [3.8, 4) is 6.07 Å². The average molecular weight is 180 g/mol. The predicted molar refractivity (Wildman–Crippen MR) is 50.9 cm³/mol. The summed E-state index contributed by atoms with van der Waals surface area (Å²) in [4.78, 5) is 13.5. The van der Waals surface area contributed by atoms with Crippen LogP contribution in [0.3, 0.4) is 0 Å². The number of nitriles is 1. The lowest BCUT2D eigenvalue weighted by atomic mass is 9.97. The van der Waals surface area contributed by atoms with Gasteiger partial charge in [-0.1, -0.05) is 26.2 Å². The van der Waals surface area contributed by atoms with Crippen molar-refractivity contribution in [1.82, 2.24) is 0 Å². The third-order valence-corrected chi connectivity index (χ3v) is 2.05. The molecule has 0 aromatic carbocycles. The second-order valence-corrected chi connectivity index (χ2v) is 3.40. The number of aliphatic imine (C=N–C) groups is 1. The van der Waals surface area contributed by atoms with Crippen LogP contribution in [-0.4, -0.2) is 11.6 Å². The molecule has 0 bridgehead atoms. The molecule has 3 heteroatoms. The minimum atomic E-state index is -0.852. The van der Waals surface area contributed by atoms with Crippen LogP contribution in [-0.2, 0) is 4.79 Å². The van der Waals surface area contributed by atoms with Crippen molar-refractivity contribution in [1.29, 1.82) is 5.26 Å². The normalized spacial score (nSPS) is 13.9. The summed E-state index contributed by atoms with van der Waals surface area (Å²) in [5.74, 6) is 0. The molecular formula is C10H16N2O. The van der Waals surface area contributed by atoms with Crippen LogP contribution in [0.1, 0.15) is 46.0 Å². The van der Waals surface area contributed by atoms with Crippen molar-refractivity contribution in [2.45, 2.75) is 51.5 Å². The molecule has 3 nitrogen and oxygen atoms in total. The molecule has 0 spiro atoms. The highest BCUT2D eigenvalue weighted by Gasteiger charge is 2.21. The zero-order valence-corrected chi connectivity index (χ0v) is 8.34. The smallest absolute Gasteiger partial charge is 0.211 e. The largest absolute Gasteiger partial charge is 0.236 e. The summed E-state index contributed by atoms with van der Waals surface area (Å²) in [6.45, 7) is 3.80. The molecular weight excluding hydrogens is 164 g/mol. The van der Waals surface area contributed by atoms with E-state index in [9.17, 15) is 4.79 Å². The number of rotatable bonds is 6. The highest BCUT2D eigenvalue weighted by Crippen LogP contribution is 2.17. The number of hydrogen-bond donors (Lipinski definition) is 0. The van der Waals surface area contributed by atoms with Crippen LogP contribution in [0.15, 0.2) is 4.99 Å². The number of isocyanates is 1. The van der Waals surface area contributed by atoms with Crippen LogP contribution in [0.2, 0.25) is 0 Å². The van der Waals surface area contributed by atoms with E-state index >= 15 is 0 Å². The summed E-state index contributed by atoms with van der Waals surface area (Å²) < 4.78 is 0. The van der Waals surface area contributed by atoms with Crippen molar-refractivity contribution in [2.75, 3.05) is 0 Å². The van der Waals surface area contributed by atoms with E-state index in [1.807, 2.05) is 6.07 Å². The molecule has 0 aliphatic carbocycles. The first-order chi connectivity index (χ1) is 6.18. The Labute approximate surface area is 79.5 Å². The van der Waals surface area contributed by atoms with E-state index in [-0.39, 0.29) is 0 Å². The maximum Gasteiger partial charge on any atom is 0.236 e. The highest BCUT2D eigenvalue weighted by atomic mass is 16.1. The lowest BCUT2D eigenvalue weighted by Gasteiger charge is -2.12. The van der Waals surface area contributed by atoms with E-state index < -0.39 is 5.54 Å². The molecule has 0 aliphatic heterocycles. The maximum absolute atomic E-state index is 10.0. The predicted octanol–water partition coefficient (Wildman–Crippen LogP) is 2.57. The van der Waals surface area contributed by atoms with Crippen molar-refractivity contribution < 1.29 is 4.79 Å². The Bertz CT molecular complexity index is 226. The molecule has 72 valence electrons. The minimum Gasteiger partial charge on any atom is -0.211 e. The number of unbranched alkanes of at least 4 members (excludes halogenated alkanes) is 3. The second kappa shape index (κ2) is 6.39. The fraction of sp³-hybridized carbons (Fsp3) is 0.800. The Kier molecular flexibility index (Phi) is 5.84. The molecule has 0 rings (SSSR count). The van der Waals surface area contributed by atoms with Crippen LogP contribution in [0.5, 0.6) is 0 Å². The number of nitrogens with zero attached hydrogens (tertiary/aromatic N) is 2. The van der Waals surface area contributed by atoms with Gasteiger partial charge in [0.15, 0.2) is 5.54 Å². The Hall–Kier alpha value is -1.13. The molecule has 0 N–H and O–H groups in total. The molecule has 0 radical (unpaired) electrons. The van der Waals surface area contributed by atoms with Gasteiger partial charge in [-0.05, 0) is 19.8 Å². The van der Waals surface area contributed by atoms with E-state index in [0.29, 0.717) is 6.42 Å². The molecule has 0 aromatic heterocycles. The van der Waals surface area contributed by atoms with Crippen molar-refractivity contribution in [2.24, 2.45) is 4.99 Å². The van der Waals surface area contributed by atoms with Gasteiger partial charge in [0.25, 0.3) is 0 Å². The highest BCUT2D eigenvalue weighted by molar-refractivity contribution is 5.36. The topological polar surface area (TPSA) is 53.2 Å². The van der Waals surface area contributed by atoms with E-state index in [4.69, 9.17) is 5.26 Å². The SMILES string of the molecule is CCCCCCC(C)(C#N)N=C=O. The van der Waals surface area contributed by atoms with E-state index in [1.54, 1.807) is 6.92 Å². The van der Waals surface area contributed by atoms with Crippen LogP contribution in [0.4, 0.5) is 0 Å². The van der Waals surface area contributed by atoms with Gasteiger partial charge in [0.05, 0.1) is 6.07 Å². The maximum atomic E-state index is 10.0. The van der Waals surface area contributed by atoms with E-state index in [0.717, 1.165) is 12.8 Å². The van der Waals surface area contributed by atoms with E-state index in [2.05, 4.69) is 11.9 Å². The summed E-state index contributed by atoms with van der Waals surface area (Å²) in [5.41, 5.74) is -0.852. The molecule has 0 heterocycles. The lowest BCUT2D eigenvalue weighted by molar-refractivity contribution is 0.490.